The van der Waals surface area contributed by atoms with Crippen LogP contribution in [0.2, 0.25) is 0 Å². The lowest BCUT2D eigenvalue weighted by atomic mass is 10.1. The first-order valence-corrected chi connectivity index (χ1v) is 10.3. The maximum Gasteiger partial charge on any atom is 0.416 e. The first kappa shape index (κ1) is 22.1. The van der Waals surface area contributed by atoms with E-state index in [1.165, 1.54) is 0 Å². The molecule has 0 aliphatic carbocycles. The van der Waals surface area contributed by atoms with E-state index < -0.39 is 11.7 Å². The summed E-state index contributed by atoms with van der Waals surface area (Å²) < 4.78 is 40.0. The van der Waals surface area contributed by atoms with E-state index in [4.69, 9.17) is 0 Å². The molecule has 9 heteroatoms. The Morgan fingerprint density at radius 2 is 2.03 bits per heavy atom. The van der Waals surface area contributed by atoms with E-state index in [-0.39, 0.29) is 6.04 Å². The van der Waals surface area contributed by atoms with Crippen LogP contribution in [0.1, 0.15) is 30.0 Å². The summed E-state index contributed by atoms with van der Waals surface area (Å²) in [6.07, 6.45) is 0.492. The molecule has 6 nitrogen and oxygen atoms in total. The molecule has 0 radical (unpaired) electrons. The minimum Gasteiger partial charge on any atom is -0.357 e. The van der Waals surface area contributed by atoms with Gasteiger partial charge in [-0.25, -0.2) is 0 Å². The van der Waals surface area contributed by atoms with Gasteiger partial charge in [0.15, 0.2) is 5.96 Å². The molecule has 1 unspecified atom stereocenters. The number of halogens is 3. The Hall–Kier alpha value is -2.55. The van der Waals surface area contributed by atoms with Gasteiger partial charge in [0.2, 0.25) is 0 Å². The molecule has 0 spiro atoms. The van der Waals surface area contributed by atoms with Crippen LogP contribution in [0.15, 0.2) is 41.7 Å². The minimum absolute atomic E-state index is 0.254. The number of aromatic nitrogens is 2. The summed E-state index contributed by atoms with van der Waals surface area (Å²) in [5, 5.41) is 11.0. The summed E-state index contributed by atoms with van der Waals surface area (Å²) in [7, 11) is 0. The average molecular weight is 422 g/mol. The second-order valence-electron chi connectivity index (χ2n) is 7.60. The number of likely N-dealkylation sites (tertiary alicyclic amines) is 1. The van der Waals surface area contributed by atoms with E-state index in [0.717, 1.165) is 61.8 Å². The summed E-state index contributed by atoms with van der Waals surface area (Å²) in [4.78, 5) is 6.88. The van der Waals surface area contributed by atoms with Crippen LogP contribution in [0, 0.1) is 6.92 Å². The predicted octanol–water partition coefficient (Wildman–Crippen LogP) is 3.04. The Kier molecular flexibility index (Phi) is 7.36. The van der Waals surface area contributed by atoms with Gasteiger partial charge in [-0.05, 0) is 43.5 Å². The standard InChI is InChI=1S/C21H29F3N6/c1-3-25-20(26-9-11-30-13-16(2)12-27-30)28-19-8-10-29(15-19)14-17-4-6-18(7-5-17)21(22,23)24/h4-7,12-13,19H,3,8-11,14-15H2,1-2H3,(H2,25,26,28). The van der Waals surface area contributed by atoms with Gasteiger partial charge in [0.05, 0.1) is 24.8 Å². The maximum atomic E-state index is 12.7. The van der Waals surface area contributed by atoms with Gasteiger partial charge in [-0.3, -0.25) is 14.6 Å². The van der Waals surface area contributed by atoms with E-state index in [1.54, 1.807) is 12.1 Å². The van der Waals surface area contributed by atoms with Crippen molar-refractivity contribution in [2.24, 2.45) is 4.99 Å². The third-order valence-corrected chi connectivity index (χ3v) is 5.01. The molecule has 1 fully saturated rings. The van der Waals surface area contributed by atoms with Crippen LogP contribution in [-0.4, -0.2) is 52.9 Å². The monoisotopic (exact) mass is 422 g/mol. The number of alkyl halides is 3. The molecule has 2 N–H and O–H groups in total. The molecule has 0 saturated carbocycles. The van der Waals surface area contributed by atoms with Gasteiger partial charge in [0.1, 0.15) is 0 Å². The minimum atomic E-state index is -4.29. The number of aliphatic imine (C=N–C) groups is 1. The van der Waals surface area contributed by atoms with Gasteiger partial charge >= 0.3 is 6.18 Å². The fraction of sp³-hybridized carbons (Fsp3) is 0.524. The second-order valence-corrected chi connectivity index (χ2v) is 7.60. The molecule has 3 rings (SSSR count). The second kappa shape index (κ2) is 9.97. The van der Waals surface area contributed by atoms with Gasteiger partial charge in [0, 0.05) is 38.4 Å². The Morgan fingerprint density at radius 1 is 1.27 bits per heavy atom. The maximum absolute atomic E-state index is 12.7. The van der Waals surface area contributed by atoms with Crippen molar-refractivity contribution in [2.75, 3.05) is 26.2 Å². The average Bonchev–Trinajstić information content (AvgIpc) is 3.30. The highest BCUT2D eigenvalue weighted by Gasteiger charge is 2.30. The van der Waals surface area contributed by atoms with Crippen LogP contribution in [0.25, 0.3) is 0 Å². The largest absolute Gasteiger partial charge is 0.416 e. The first-order valence-electron chi connectivity index (χ1n) is 10.3. The number of hydrogen-bond acceptors (Lipinski definition) is 3. The van der Waals surface area contributed by atoms with Crippen molar-refractivity contribution in [2.45, 2.75) is 45.6 Å². The van der Waals surface area contributed by atoms with Crippen molar-refractivity contribution < 1.29 is 13.2 Å². The number of nitrogens with zero attached hydrogens (tertiary/aromatic N) is 4. The number of rotatable bonds is 7. The van der Waals surface area contributed by atoms with Gasteiger partial charge < -0.3 is 10.6 Å². The van der Waals surface area contributed by atoms with Gasteiger partial charge in [-0.15, -0.1) is 0 Å². The first-order chi connectivity index (χ1) is 14.3. The molecule has 1 saturated heterocycles. The van der Waals surface area contributed by atoms with E-state index >= 15 is 0 Å². The molecule has 1 aliphatic heterocycles. The molecule has 2 aromatic rings. The zero-order valence-corrected chi connectivity index (χ0v) is 17.4. The zero-order valence-electron chi connectivity index (χ0n) is 17.4. The zero-order chi connectivity index (χ0) is 21.6. The molecule has 30 heavy (non-hydrogen) atoms. The molecule has 1 aromatic carbocycles. The smallest absolute Gasteiger partial charge is 0.357 e. The fourth-order valence-corrected chi connectivity index (χ4v) is 3.52. The molecular weight excluding hydrogens is 393 g/mol. The molecule has 0 amide bonds. The fourth-order valence-electron chi connectivity index (χ4n) is 3.52. The third kappa shape index (κ3) is 6.48. The Bertz CT molecular complexity index is 828. The lowest BCUT2D eigenvalue weighted by molar-refractivity contribution is -0.137. The molecular formula is C21H29F3N6. The normalized spacial score (nSPS) is 18.0. The van der Waals surface area contributed by atoms with Crippen LogP contribution < -0.4 is 10.6 Å². The van der Waals surface area contributed by atoms with Crippen LogP contribution in [0.4, 0.5) is 13.2 Å². The van der Waals surface area contributed by atoms with Crippen LogP contribution >= 0.6 is 0 Å². The van der Waals surface area contributed by atoms with Crippen molar-refractivity contribution >= 4 is 5.96 Å². The van der Waals surface area contributed by atoms with Crippen molar-refractivity contribution in [3.05, 3.63) is 53.3 Å². The van der Waals surface area contributed by atoms with Crippen LogP contribution in [0.5, 0.6) is 0 Å². The third-order valence-electron chi connectivity index (χ3n) is 5.01. The van der Waals surface area contributed by atoms with E-state index in [0.29, 0.717) is 13.1 Å². The van der Waals surface area contributed by atoms with E-state index in [9.17, 15) is 13.2 Å². The number of nitrogens with one attached hydrogen (secondary N) is 2. The summed E-state index contributed by atoms with van der Waals surface area (Å²) in [6.45, 7) is 8.51. The number of hydrogen-bond donors (Lipinski definition) is 2. The number of aryl methyl sites for hydroxylation is 1. The quantitative estimate of drug-likeness (QED) is 0.532. The van der Waals surface area contributed by atoms with Crippen LogP contribution in [0.3, 0.4) is 0 Å². The van der Waals surface area contributed by atoms with Crippen molar-refractivity contribution in [3.63, 3.8) is 0 Å². The SMILES string of the molecule is CCNC(=NCCn1cc(C)cn1)NC1CCN(Cc2ccc(C(F)(F)F)cc2)C1. The Morgan fingerprint density at radius 3 is 2.67 bits per heavy atom. The summed E-state index contributed by atoms with van der Waals surface area (Å²) >= 11 is 0. The summed E-state index contributed by atoms with van der Waals surface area (Å²) in [5.41, 5.74) is 1.41. The molecule has 0 bridgehead atoms. The van der Waals surface area contributed by atoms with Crippen LogP contribution in [-0.2, 0) is 19.3 Å². The van der Waals surface area contributed by atoms with Gasteiger partial charge in [-0.1, -0.05) is 12.1 Å². The van der Waals surface area contributed by atoms with E-state index in [2.05, 4.69) is 25.6 Å². The van der Waals surface area contributed by atoms with Crippen molar-refractivity contribution in [1.29, 1.82) is 0 Å². The van der Waals surface area contributed by atoms with Gasteiger partial charge in [0.25, 0.3) is 0 Å². The molecule has 1 aromatic heterocycles. The Balaban J connectivity index is 1.48. The van der Waals surface area contributed by atoms with Crippen molar-refractivity contribution in [3.8, 4) is 0 Å². The topological polar surface area (TPSA) is 57.5 Å². The van der Waals surface area contributed by atoms with Gasteiger partial charge in [-0.2, -0.15) is 18.3 Å². The molecule has 164 valence electrons. The highest BCUT2D eigenvalue weighted by molar-refractivity contribution is 5.80. The summed E-state index contributed by atoms with van der Waals surface area (Å²) in [6, 6.07) is 5.68. The highest BCUT2D eigenvalue weighted by atomic mass is 19.4. The highest BCUT2D eigenvalue weighted by Crippen LogP contribution is 2.29. The molecule has 2 heterocycles. The van der Waals surface area contributed by atoms with E-state index in [1.807, 2.05) is 30.9 Å². The lowest BCUT2D eigenvalue weighted by Crippen LogP contribution is -2.44. The number of benzene rings is 1. The predicted molar refractivity (Wildman–Crippen MR) is 111 cm³/mol. The van der Waals surface area contributed by atoms with Crippen molar-refractivity contribution in [1.82, 2.24) is 25.3 Å². The lowest BCUT2D eigenvalue weighted by Gasteiger charge is -2.19. The molecule has 1 aliphatic rings. The summed E-state index contributed by atoms with van der Waals surface area (Å²) in [5.74, 6) is 0.780. The number of guanidine groups is 1. The Labute approximate surface area is 175 Å². The molecule has 1 atom stereocenters.